The zero-order valence-corrected chi connectivity index (χ0v) is 6.70. The molecule has 0 aromatic carbocycles. The molecule has 0 saturated carbocycles. The highest BCUT2D eigenvalue weighted by atomic mass is 16.7. The molecule has 1 fully saturated rings. The van der Waals surface area contributed by atoms with Gasteiger partial charge in [-0.05, 0) is 6.92 Å². The van der Waals surface area contributed by atoms with Crippen LogP contribution in [0, 0.1) is 0 Å². The van der Waals surface area contributed by atoms with Crippen molar-refractivity contribution in [3.8, 4) is 0 Å². The molecule has 1 aliphatic rings. The number of ether oxygens (including phenoxy) is 2. The number of ketones is 1. The van der Waals surface area contributed by atoms with Gasteiger partial charge in [0.15, 0.2) is 5.78 Å². The summed E-state index contributed by atoms with van der Waals surface area (Å²) in [7, 11) is 0. The summed E-state index contributed by atoms with van der Waals surface area (Å²) in [6.07, 6.45) is -0.314. The van der Waals surface area contributed by atoms with Gasteiger partial charge in [-0.25, -0.2) is 4.79 Å². The van der Waals surface area contributed by atoms with Crippen LogP contribution in [0.25, 0.3) is 0 Å². The molecular formula is C7H10O5. The van der Waals surface area contributed by atoms with Crippen LogP contribution in [0.15, 0.2) is 0 Å². The van der Waals surface area contributed by atoms with E-state index in [4.69, 9.17) is 0 Å². The molecule has 1 heterocycles. The standard InChI is InChI=1S/C7H10O5/c1-2-11-6(9)7(10)3-5(8)4-12-7/h10H,2-4H2,1H3. The van der Waals surface area contributed by atoms with Crippen molar-refractivity contribution in [2.45, 2.75) is 19.1 Å². The molecule has 0 radical (unpaired) electrons. The van der Waals surface area contributed by atoms with E-state index in [1.54, 1.807) is 6.92 Å². The molecule has 0 aromatic heterocycles. The van der Waals surface area contributed by atoms with Gasteiger partial charge in [-0.3, -0.25) is 4.79 Å². The average molecular weight is 174 g/mol. The Balaban J connectivity index is 2.60. The summed E-state index contributed by atoms with van der Waals surface area (Å²) in [5, 5.41) is 9.34. The zero-order valence-electron chi connectivity index (χ0n) is 6.70. The number of carbonyl (C=O) groups is 2. The van der Waals surface area contributed by atoms with E-state index in [1.165, 1.54) is 0 Å². The van der Waals surface area contributed by atoms with E-state index in [9.17, 15) is 14.7 Å². The Morgan fingerprint density at radius 1 is 1.83 bits per heavy atom. The lowest BCUT2D eigenvalue weighted by Crippen LogP contribution is -2.39. The Bertz CT molecular complexity index is 212. The fourth-order valence-electron chi connectivity index (χ4n) is 0.944. The van der Waals surface area contributed by atoms with E-state index < -0.39 is 11.8 Å². The topological polar surface area (TPSA) is 72.8 Å². The fraction of sp³-hybridized carbons (Fsp3) is 0.714. The first-order valence-corrected chi connectivity index (χ1v) is 3.64. The van der Waals surface area contributed by atoms with Crippen molar-refractivity contribution < 1.29 is 24.2 Å². The van der Waals surface area contributed by atoms with Crippen LogP contribution < -0.4 is 0 Å². The number of esters is 1. The molecule has 1 rings (SSSR count). The maximum Gasteiger partial charge on any atom is 0.367 e. The average Bonchev–Trinajstić information content (AvgIpc) is 2.33. The minimum atomic E-state index is -2.03. The van der Waals surface area contributed by atoms with Crippen molar-refractivity contribution in [2.24, 2.45) is 0 Å². The Morgan fingerprint density at radius 2 is 2.50 bits per heavy atom. The Morgan fingerprint density at radius 3 is 2.92 bits per heavy atom. The van der Waals surface area contributed by atoms with Gasteiger partial charge in [-0.2, -0.15) is 0 Å². The summed E-state index contributed by atoms with van der Waals surface area (Å²) in [4.78, 5) is 21.6. The highest BCUT2D eigenvalue weighted by Crippen LogP contribution is 2.21. The van der Waals surface area contributed by atoms with Crippen molar-refractivity contribution in [1.82, 2.24) is 0 Å². The van der Waals surface area contributed by atoms with Gasteiger partial charge in [0.25, 0.3) is 5.79 Å². The van der Waals surface area contributed by atoms with Crippen molar-refractivity contribution in [3.05, 3.63) is 0 Å². The molecule has 5 nitrogen and oxygen atoms in total. The summed E-state index contributed by atoms with van der Waals surface area (Å²) >= 11 is 0. The minimum Gasteiger partial charge on any atom is -0.462 e. The van der Waals surface area contributed by atoms with Crippen LogP contribution >= 0.6 is 0 Å². The SMILES string of the molecule is CCOC(=O)C1(O)CC(=O)CO1. The number of aliphatic hydroxyl groups is 1. The van der Waals surface area contributed by atoms with Gasteiger partial charge in [0.2, 0.25) is 0 Å². The minimum absolute atomic E-state index is 0.151. The Labute approximate surface area is 69.3 Å². The largest absolute Gasteiger partial charge is 0.462 e. The smallest absolute Gasteiger partial charge is 0.367 e. The highest BCUT2D eigenvalue weighted by Gasteiger charge is 2.46. The first-order valence-electron chi connectivity index (χ1n) is 3.64. The van der Waals surface area contributed by atoms with Crippen LogP contribution in [-0.4, -0.2) is 35.9 Å². The van der Waals surface area contributed by atoms with Gasteiger partial charge < -0.3 is 14.6 Å². The van der Waals surface area contributed by atoms with Crippen LogP contribution in [0.1, 0.15) is 13.3 Å². The van der Waals surface area contributed by atoms with Gasteiger partial charge >= 0.3 is 5.97 Å². The number of carbonyl (C=O) groups excluding carboxylic acids is 2. The van der Waals surface area contributed by atoms with Gasteiger partial charge in [0.05, 0.1) is 13.0 Å². The van der Waals surface area contributed by atoms with Crippen LogP contribution in [0.3, 0.4) is 0 Å². The van der Waals surface area contributed by atoms with Crippen LogP contribution in [0.2, 0.25) is 0 Å². The molecule has 1 N–H and O–H groups in total. The summed E-state index contributed by atoms with van der Waals surface area (Å²) in [6, 6.07) is 0. The molecule has 0 aliphatic carbocycles. The predicted octanol–water partition coefficient (Wildman–Crippen LogP) is -0.773. The normalized spacial score (nSPS) is 29.0. The van der Waals surface area contributed by atoms with Crippen LogP contribution in [-0.2, 0) is 19.1 Å². The molecule has 12 heavy (non-hydrogen) atoms. The molecule has 0 aromatic rings. The second-order valence-electron chi connectivity index (χ2n) is 2.51. The van der Waals surface area contributed by atoms with Crippen molar-refractivity contribution in [2.75, 3.05) is 13.2 Å². The zero-order chi connectivity index (χ0) is 9.19. The molecule has 1 unspecified atom stereocenters. The highest BCUT2D eigenvalue weighted by molar-refractivity contribution is 5.91. The Kier molecular flexibility index (Phi) is 2.44. The number of hydrogen-bond acceptors (Lipinski definition) is 5. The van der Waals surface area contributed by atoms with E-state index >= 15 is 0 Å². The fourth-order valence-corrected chi connectivity index (χ4v) is 0.944. The lowest BCUT2D eigenvalue weighted by Gasteiger charge is -2.17. The summed E-state index contributed by atoms with van der Waals surface area (Å²) in [5.74, 6) is -3.23. The van der Waals surface area contributed by atoms with E-state index in [2.05, 4.69) is 9.47 Å². The monoisotopic (exact) mass is 174 g/mol. The number of hydrogen-bond donors (Lipinski definition) is 1. The van der Waals surface area contributed by atoms with Crippen molar-refractivity contribution in [3.63, 3.8) is 0 Å². The number of rotatable bonds is 2. The van der Waals surface area contributed by atoms with E-state index in [0.29, 0.717) is 0 Å². The summed E-state index contributed by atoms with van der Waals surface area (Å²) < 4.78 is 9.11. The maximum absolute atomic E-state index is 11.0. The van der Waals surface area contributed by atoms with Crippen LogP contribution in [0.5, 0.6) is 0 Å². The maximum atomic E-state index is 11.0. The molecule has 1 saturated heterocycles. The van der Waals surface area contributed by atoms with Crippen molar-refractivity contribution in [1.29, 1.82) is 0 Å². The summed E-state index contributed by atoms with van der Waals surface area (Å²) in [5.41, 5.74) is 0. The third-order valence-corrected chi connectivity index (χ3v) is 1.50. The lowest BCUT2D eigenvalue weighted by molar-refractivity contribution is -0.212. The van der Waals surface area contributed by atoms with Gasteiger partial charge in [0.1, 0.15) is 6.61 Å². The molecule has 0 amide bonds. The molecule has 1 atom stereocenters. The quantitative estimate of drug-likeness (QED) is 0.556. The molecule has 0 spiro atoms. The first-order chi connectivity index (χ1) is 5.58. The second-order valence-corrected chi connectivity index (χ2v) is 2.51. The van der Waals surface area contributed by atoms with E-state index in [-0.39, 0.29) is 25.4 Å². The Hall–Kier alpha value is -0.940. The lowest BCUT2D eigenvalue weighted by atomic mass is 10.2. The van der Waals surface area contributed by atoms with Crippen molar-refractivity contribution >= 4 is 11.8 Å². The predicted molar refractivity (Wildman–Crippen MR) is 37.2 cm³/mol. The molecule has 1 aliphatic heterocycles. The molecular weight excluding hydrogens is 164 g/mol. The van der Waals surface area contributed by atoms with Gasteiger partial charge in [-0.1, -0.05) is 0 Å². The van der Waals surface area contributed by atoms with Crippen LogP contribution in [0.4, 0.5) is 0 Å². The third kappa shape index (κ3) is 1.62. The van der Waals surface area contributed by atoms with E-state index in [1.807, 2.05) is 0 Å². The van der Waals surface area contributed by atoms with Gasteiger partial charge in [-0.15, -0.1) is 0 Å². The van der Waals surface area contributed by atoms with E-state index in [0.717, 1.165) is 0 Å². The molecule has 0 bridgehead atoms. The first kappa shape index (κ1) is 9.15. The summed E-state index contributed by atoms with van der Waals surface area (Å²) in [6.45, 7) is 1.53. The molecule has 68 valence electrons. The van der Waals surface area contributed by atoms with Gasteiger partial charge in [0, 0.05) is 0 Å². The second kappa shape index (κ2) is 3.20. The molecule has 5 heteroatoms. The number of Topliss-reactive ketones (excluding diaryl/α,β-unsaturated/α-hetero) is 1. The third-order valence-electron chi connectivity index (χ3n) is 1.50.